The highest BCUT2D eigenvalue weighted by molar-refractivity contribution is 5.80. The van der Waals surface area contributed by atoms with Crippen LogP contribution in [0.4, 0.5) is 30.2 Å². The first-order valence-electron chi connectivity index (χ1n) is 11.3. The van der Waals surface area contributed by atoms with Gasteiger partial charge in [0.25, 0.3) is 0 Å². The van der Waals surface area contributed by atoms with Crippen molar-refractivity contribution in [3.05, 3.63) is 47.3 Å². The third kappa shape index (κ3) is 5.38. The number of anilines is 3. The molecule has 0 radical (unpaired) electrons. The van der Waals surface area contributed by atoms with Crippen molar-refractivity contribution in [1.82, 2.24) is 0 Å². The fraction of sp³-hybridized carbons (Fsp3) is 0.520. The standard InChI is InChI=1S/C25H31F3N2O3/c1-15-5-6-19(17(26)11-15)30-23-21(28)18(27)12-20(31-4)22(23)29-10-9-25(7-8-25)13-16-14-32-24(2,3)33-16/h5-6,11-12,16,29-30H,7-10,13-14H2,1-4H3. The molecule has 2 aromatic carbocycles. The average molecular weight is 465 g/mol. The Hall–Kier alpha value is -2.45. The van der Waals surface area contributed by atoms with Gasteiger partial charge in [0, 0.05) is 12.6 Å². The second-order valence-corrected chi connectivity index (χ2v) is 9.56. The van der Waals surface area contributed by atoms with Gasteiger partial charge in [-0.25, -0.2) is 13.2 Å². The maximum Gasteiger partial charge on any atom is 0.184 e. The highest BCUT2D eigenvalue weighted by atomic mass is 19.2. The fourth-order valence-corrected chi connectivity index (χ4v) is 4.45. The molecule has 8 heteroatoms. The summed E-state index contributed by atoms with van der Waals surface area (Å²) in [5, 5.41) is 5.91. The van der Waals surface area contributed by atoms with E-state index in [2.05, 4.69) is 10.6 Å². The zero-order valence-electron chi connectivity index (χ0n) is 19.5. The minimum atomic E-state index is -1.10. The van der Waals surface area contributed by atoms with Crippen molar-refractivity contribution in [3.8, 4) is 5.75 Å². The molecule has 5 nitrogen and oxygen atoms in total. The van der Waals surface area contributed by atoms with Gasteiger partial charge in [-0.2, -0.15) is 0 Å². The quantitative estimate of drug-likeness (QED) is 0.457. The van der Waals surface area contributed by atoms with Crippen LogP contribution in [0.1, 0.15) is 45.1 Å². The van der Waals surface area contributed by atoms with Crippen molar-refractivity contribution in [3.63, 3.8) is 0 Å². The van der Waals surface area contributed by atoms with E-state index in [1.165, 1.54) is 19.2 Å². The Morgan fingerprint density at radius 1 is 1.09 bits per heavy atom. The molecule has 4 rings (SSSR count). The summed E-state index contributed by atoms with van der Waals surface area (Å²) in [7, 11) is 1.38. The van der Waals surface area contributed by atoms with Crippen LogP contribution in [0.3, 0.4) is 0 Å². The molecular formula is C25H31F3N2O3. The Morgan fingerprint density at radius 3 is 2.45 bits per heavy atom. The minimum absolute atomic E-state index is 0.0508. The third-order valence-electron chi connectivity index (χ3n) is 6.43. The molecule has 1 unspecified atom stereocenters. The number of hydrogen-bond acceptors (Lipinski definition) is 5. The molecule has 0 bridgehead atoms. The molecule has 0 amide bonds. The number of benzene rings is 2. The van der Waals surface area contributed by atoms with Gasteiger partial charge in [0.15, 0.2) is 17.4 Å². The van der Waals surface area contributed by atoms with Crippen LogP contribution in [0.15, 0.2) is 24.3 Å². The molecule has 1 saturated carbocycles. The normalized spacial score (nSPS) is 20.5. The summed E-state index contributed by atoms with van der Waals surface area (Å²) in [6, 6.07) is 5.51. The van der Waals surface area contributed by atoms with Crippen LogP contribution in [-0.2, 0) is 9.47 Å². The zero-order chi connectivity index (χ0) is 23.8. The summed E-state index contributed by atoms with van der Waals surface area (Å²) in [6.07, 6.45) is 3.95. The van der Waals surface area contributed by atoms with E-state index in [1.54, 1.807) is 13.0 Å². The first-order valence-corrected chi connectivity index (χ1v) is 11.3. The summed E-state index contributed by atoms with van der Waals surface area (Å²) in [5.74, 6) is -3.14. The molecule has 2 aliphatic rings. The van der Waals surface area contributed by atoms with E-state index in [0.717, 1.165) is 37.3 Å². The molecule has 1 aliphatic heterocycles. The van der Waals surface area contributed by atoms with Gasteiger partial charge in [0.1, 0.15) is 22.9 Å². The summed E-state index contributed by atoms with van der Waals surface area (Å²) in [5.41, 5.74) is 0.991. The highest BCUT2D eigenvalue weighted by Crippen LogP contribution is 2.54. The Morgan fingerprint density at radius 2 is 1.85 bits per heavy atom. The Kier molecular flexibility index (Phi) is 6.51. The Labute approximate surface area is 192 Å². The van der Waals surface area contributed by atoms with E-state index in [9.17, 15) is 13.2 Å². The van der Waals surface area contributed by atoms with E-state index in [1.807, 2.05) is 13.8 Å². The molecule has 1 saturated heterocycles. The molecule has 0 aromatic heterocycles. The predicted molar refractivity (Wildman–Crippen MR) is 122 cm³/mol. The lowest BCUT2D eigenvalue weighted by atomic mass is 9.94. The van der Waals surface area contributed by atoms with Gasteiger partial charge in [0.05, 0.1) is 25.5 Å². The van der Waals surface area contributed by atoms with Crippen LogP contribution in [-0.4, -0.2) is 32.2 Å². The topological polar surface area (TPSA) is 51.8 Å². The first kappa shape index (κ1) is 23.7. The lowest BCUT2D eigenvalue weighted by Gasteiger charge is -2.23. The molecule has 1 heterocycles. The molecular weight excluding hydrogens is 433 g/mol. The first-order chi connectivity index (χ1) is 15.6. The van der Waals surface area contributed by atoms with E-state index in [0.29, 0.717) is 13.2 Å². The predicted octanol–water partition coefficient (Wildman–Crippen LogP) is 6.29. The number of ether oxygens (including phenoxy) is 3. The molecule has 180 valence electrons. The van der Waals surface area contributed by atoms with Gasteiger partial charge in [-0.05, 0) is 69.6 Å². The molecule has 33 heavy (non-hydrogen) atoms. The third-order valence-corrected chi connectivity index (χ3v) is 6.43. The van der Waals surface area contributed by atoms with Crippen molar-refractivity contribution in [2.75, 3.05) is 30.9 Å². The summed E-state index contributed by atoms with van der Waals surface area (Å²) in [4.78, 5) is 0. The van der Waals surface area contributed by atoms with Crippen LogP contribution in [0.2, 0.25) is 0 Å². The fourth-order valence-electron chi connectivity index (χ4n) is 4.45. The number of halogens is 3. The number of aryl methyl sites for hydroxylation is 1. The van der Waals surface area contributed by atoms with Gasteiger partial charge in [-0.1, -0.05) is 6.07 Å². The summed E-state index contributed by atoms with van der Waals surface area (Å²) >= 11 is 0. The zero-order valence-corrected chi connectivity index (χ0v) is 19.5. The van der Waals surface area contributed by atoms with Crippen LogP contribution in [0.5, 0.6) is 5.75 Å². The lowest BCUT2D eigenvalue weighted by molar-refractivity contribution is -0.140. The highest BCUT2D eigenvalue weighted by Gasteiger charge is 2.46. The number of nitrogens with one attached hydrogen (secondary N) is 2. The van der Waals surface area contributed by atoms with Gasteiger partial charge in [-0.3, -0.25) is 0 Å². The number of rotatable bonds is 9. The molecule has 2 N–H and O–H groups in total. The molecule has 0 spiro atoms. The van der Waals surface area contributed by atoms with E-state index in [4.69, 9.17) is 14.2 Å². The Bertz CT molecular complexity index is 1020. The minimum Gasteiger partial charge on any atom is -0.494 e. The molecule has 1 atom stereocenters. The van der Waals surface area contributed by atoms with Crippen molar-refractivity contribution >= 4 is 17.1 Å². The summed E-state index contributed by atoms with van der Waals surface area (Å²) < 4.78 is 60.4. The van der Waals surface area contributed by atoms with Crippen LogP contribution in [0, 0.1) is 29.8 Å². The maximum atomic E-state index is 14.8. The van der Waals surface area contributed by atoms with Crippen molar-refractivity contribution in [2.24, 2.45) is 5.41 Å². The van der Waals surface area contributed by atoms with Crippen LogP contribution < -0.4 is 15.4 Å². The van der Waals surface area contributed by atoms with Crippen molar-refractivity contribution in [1.29, 1.82) is 0 Å². The number of hydrogen-bond donors (Lipinski definition) is 2. The second-order valence-electron chi connectivity index (χ2n) is 9.56. The van der Waals surface area contributed by atoms with Crippen molar-refractivity contribution < 1.29 is 27.4 Å². The van der Waals surface area contributed by atoms with E-state index in [-0.39, 0.29) is 34.3 Å². The summed E-state index contributed by atoms with van der Waals surface area (Å²) in [6.45, 7) is 6.67. The molecule has 1 aliphatic carbocycles. The monoisotopic (exact) mass is 464 g/mol. The van der Waals surface area contributed by atoms with E-state index >= 15 is 0 Å². The van der Waals surface area contributed by atoms with Crippen LogP contribution in [0.25, 0.3) is 0 Å². The Balaban J connectivity index is 1.49. The lowest BCUT2D eigenvalue weighted by Crippen LogP contribution is -2.24. The second kappa shape index (κ2) is 9.06. The SMILES string of the molecule is COc1cc(F)c(F)c(Nc2ccc(C)cc2F)c1NCCC1(CC2COC(C)(C)O2)CC1. The van der Waals surface area contributed by atoms with Gasteiger partial charge in [-0.15, -0.1) is 0 Å². The van der Waals surface area contributed by atoms with Gasteiger partial charge >= 0.3 is 0 Å². The average Bonchev–Trinajstić information content (AvgIpc) is 3.42. The molecule has 2 fully saturated rings. The largest absolute Gasteiger partial charge is 0.494 e. The van der Waals surface area contributed by atoms with Crippen LogP contribution >= 0.6 is 0 Å². The van der Waals surface area contributed by atoms with E-state index < -0.39 is 23.2 Å². The maximum absolute atomic E-state index is 14.8. The smallest absolute Gasteiger partial charge is 0.184 e. The van der Waals surface area contributed by atoms with Gasteiger partial charge < -0.3 is 24.8 Å². The number of methoxy groups -OCH3 is 1. The van der Waals surface area contributed by atoms with Gasteiger partial charge in [0.2, 0.25) is 0 Å². The molecule has 2 aromatic rings. The van der Waals surface area contributed by atoms with Crippen molar-refractivity contribution in [2.45, 2.75) is 58.3 Å².